The molecule has 72 valence electrons. The van der Waals surface area contributed by atoms with Crippen molar-refractivity contribution in [2.45, 2.75) is 24.8 Å². The highest BCUT2D eigenvalue weighted by molar-refractivity contribution is 7.98. The second-order valence-electron chi connectivity index (χ2n) is 3.95. The summed E-state index contributed by atoms with van der Waals surface area (Å²) in [5.74, 6) is 1.21. The smallest absolute Gasteiger partial charge is 0.0283 e. The van der Waals surface area contributed by atoms with Gasteiger partial charge in [0, 0.05) is 24.4 Å². The molecule has 0 aromatic rings. The molecule has 0 aliphatic heterocycles. The molecule has 0 aromatic carbocycles. The van der Waals surface area contributed by atoms with E-state index in [-0.39, 0.29) is 5.54 Å². The third-order valence-electron chi connectivity index (χ3n) is 2.61. The number of hydrogen-bond acceptors (Lipinski definition) is 3. The quantitative estimate of drug-likeness (QED) is 0.702. The molecule has 0 radical (unpaired) electrons. The zero-order valence-electron chi connectivity index (χ0n) is 8.18. The molecule has 2 nitrogen and oxygen atoms in total. The summed E-state index contributed by atoms with van der Waals surface area (Å²) in [4.78, 5) is 2.36. The van der Waals surface area contributed by atoms with E-state index in [9.17, 15) is 0 Å². The summed E-state index contributed by atoms with van der Waals surface area (Å²) in [5, 5.41) is 0. The van der Waals surface area contributed by atoms with Crippen molar-refractivity contribution in [3.63, 3.8) is 0 Å². The number of rotatable bonds is 5. The molecule has 0 aromatic heterocycles. The van der Waals surface area contributed by atoms with Crippen molar-refractivity contribution >= 4 is 11.8 Å². The minimum absolute atomic E-state index is 0.160. The van der Waals surface area contributed by atoms with Gasteiger partial charge >= 0.3 is 0 Å². The molecule has 1 rings (SSSR count). The summed E-state index contributed by atoms with van der Waals surface area (Å²) in [6.07, 6.45) is 5.91. The average molecular weight is 188 g/mol. The monoisotopic (exact) mass is 188 g/mol. The number of likely N-dealkylation sites (N-methyl/N-ethyl adjacent to an activating group) is 1. The predicted octanol–water partition coefficient (Wildman–Crippen LogP) is 1.16. The maximum atomic E-state index is 6.13. The van der Waals surface area contributed by atoms with Gasteiger partial charge in [0.2, 0.25) is 0 Å². The van der Waals surface area contributed by atoms with Crippen molar-refractivity contribution in [3.05, 3.63) is 0 Å². The highest BCUT2D eigenvalue weighted by Crippen LogP contribution is 2.29. The number of nitrogens with two attached hydrogens (primary N) is 1. The van der Waals surface area contributed by atoms with E-state index < -0.39 is 0 Å². The van der Waals surface area contributed by atoms with Crippen molar-refractivity contribution in [2.24, 2.45) is 5.73 Å². The van der Waals surface area contributed by atoms with Crippen LogP contribution in [0, 0.1) is 0 Å². The summed E-state index contributed by atoms with van der Waals surface area (Å²) in [7, 11) is 2.17. The summed E-state index contributed by atoms with van der Waals surface area (Å²) in [6.45, 7) is 2.24. The predicted molar refractivity (Wildman–Crippen MR) is 56.6 cm³/mol. The van der Waals surface area contributed by atoms with E-state index in [1.807, 2.05) is 11.8 Å². The molecule has 2 N–H and O–H groups in total. The Kier molecular flexibility index (Phi) is 3.87. The van der Waals surface area contributed by atoms with Crippen LogP contribution in [0.15, 0.2) is 0 Å². The van der Waals surface area contributed by atoms with Crippen LogP contribution < -0.4 is 5.73 Å². The Morgan fingerprint density at radius 3 is 2.58 bits per heavy atom. The summed E-state index contributed by atoms with van der Waals surface area (Å²) < 4.78 is 0. The van der Waals surface area contributed by atoms with Crippen molar-refractivity contribution in [2.75, 3.05) is 32.1 Å². The fourth-order valence-electron chi connectivity index (χ4n) is 1.65. The fourth-order valence-corrected chi connectivity index (χ4v) is 2.15. The van der Waals surface area contributed by atoms with E-state index >= 15 is 0 Å². The fraction of sp³-hybridized carbons (Fsp3) is 1.00. The molecule has 0 saturated heterocycles. The highest BCUT2D eigenvalue weighted by atomic mass is 32.2. The van der Waals surface area contributed by atoms with Gasteiger partial charge in [0.05, 0.1) is 0 Å². The lowest BCUT2D eigenvalue weighted by Gasteiger charge is -2.41. The largest absolute Gasteiger partial charge is 0.324 e. The van der Waals surface area contributed by atoms with Crippen molar-refractivity contribution in [1.29, 1.82) is 0 Å². The second kappa shape index (κ2) is 4.49. The number of hydrogen-bond donors (Lipinski definition) is 1. The lowest BCUT2D eigenvalue weighted by atomic mass is 9.77. The first-order valence-corrected chi connectivity index (χ1v) is 6.02. The van der Waals surface area contributed by atoms with Gasteiger partial charge in [0.15, 0.2) is 0 Å². The Labute approximate surface area is 79.9 Å². The molecule has 1 aliphatic rings. The van der Waals surface area contributed by atoms with Gasteiger partial charge in [-0.25, -0.2) is 0 Å². The molecule has 1 aliphatic carbocycles. The van der Waals surface area contributed by atoms with Crippen LogP contribution in [-0.2, 0) is 0 Å². The zero-order valence-corrected chi connectivity index (χ0v) is 8.99. The van der Waals surface area contributed by atoms with E-state index in [0.717, 1.165) is 6.54 Å². The molecule has 12 heavy (non-hydrogen) atoms. The molecular weight excluding hydrogens is 168 g/mol. The molecule has 0 unspecified atom stereocenters. The Balaban J connectivity index is 2.12. The molecule has 0 spiro atoms. The molecule has 1 fully saturated rings. The first-order valence-electron chi connectivity index (χ1n) is 4.63. The Morgan fingerprint density at radius 2 is 2.17 bits per heavy atom. The zero-order chi connectivity index (χ0) is 9.03. The first kappa shape index (κ1) is 10.4. The molecule has 0 bridgehead atoms. The van der Waals surface area contributed by atoms with Crippen LogP contribution in [0.25, 0.3) is 0 Å². The van der Waals surface area contributed by atoms with Crippen molar-refractivity contribution in [1.82, 2.24) is 4.90 Å². The molecule has 0 atom stereocenters. The lowest BCUT2D eigenvalue weighted by Crippen LogP contribution is -2.54. The molecule has 1 saturated carbocycles. The van der Waals surface area contributed by atoms with Crippen LogP contribution in [-0.4, -0.2) is 42.6 Å². The SMILES string of the molecule is CSCCN(C)CC1(N)CCC1. The van der Waals surface area contributed by atoms with Crippen LogP contribution in [0.2, 0.25) is 0 Å². The molecule has 0 heterocycles. The van der Waals surface area contributed by atoms with Crippen LogP contribution in [0.4, 0.5) is 0 Å². The Bertz CT molecular complexity index is 134. The summed E-state index contributed by atoms with van der Waals surface area (Å²) >= 11 is 1.90. The minimum atomic E-state index is 0.160. The van der Waals surface area contributed by atoms with Gasteiger partial charge in [-0.3, -0.25) is 0 Å². The van der Waals surface area contributed by atoms with E-state index in [0.29, 0.717) is 0 Å². The van der Waals surface area contributed by atoms with Crippen molar-refractivity contribution in [3.8, 4) is 0 Å². The second-order valence-corrected chi connectivity index (χ2v) is 4.93. The van der Waals surface area contributed by atoms with Crippen LogP contribution in [0.3, 0.4) is 0 Å². The molecule has 0 amide bonds. The normalized spacial score (nSPS) is 21.0. The Hall–Kier alpha value is 0.270. The highest BCUT2D eigenvalue weighted by Gasteiger charge is 2.33. The van der Waals surface area contributed by atoms with Crippen LogP contribution >= 0.6 is 11.8 Å². The Morgan fingerprint density at radius 1 is 1.50 bits per heavy atom. The average Bonchev–Trinajstić information content (AvgIpc) is 1.98. The van der Waals surface area contributed by atoms with Crippen LogP contribution in [0.5, 0.6) is 0 Å². The van der Waals surface area contributed by atoms with Gasteiger partial charge in [0.1, 0.15) is 0 Å². The minimum Gasteiger partial charge on any atom is -0.324 e. The van der Waals surface area contributed by atoms with Gasteiger partial charge in [-0.1, -0.05) is 0 Å². The van der Waals surface area contributed by atoms with E-state index in [4.69, 9.17) is 5.73 Å². The van der Waals surface area contributed by atoms with Crippen molar-refractivity contribution < 1.29 is 0 Å². The van der Waals surface area contributed by atoms with Gasteiger partial charge in [-0.05, 0) is 32.6 Å². The lowest BCUT2D eigenvalue weighted by molar-refractivity contribution is 0.170. The van der Waals surface area contributed by atoms with E-state index in [2.05, 4.69) is 18.2 Å². The molecular formula is C9H20N2S. The van der Waals surface area contributed by atoms with E-state index in [1.165, 1.54) is 31.6 Å². The van der Waals surface area contributed by atoms with Crippen LogP contribution in [0.1, 0.15) is 19.3 Å². The van der Waals surface area contributed by atoms with Gasteiger partial charge in [-0.2, -0.15) is 11.8 Å². The third kappa shape index (κ3) is 2.96. The maximum absolute atomic E-state index is 6.13. The van der Waals surface area contributed by atoms with Gasteiger partial charge in [-0.15, -0.1) is 0 Å². The summed E-state index contributed by atoms with van der Waals surface area (Å²) in [6, 6.07) is 0. The number of thioether (sulfide) groups is 1. The third-order valence-corrected chi connectivity index (χ3v) is 3.20. The summed E-state index contributed by atoms with van der Waals surface area (Å²) in [5.41, 5.74) is 6.29. The first-order chi connectivity index (χ1) is 5.66. The molecule has 3 heteroatoms. The topological polar surface area (TPSA) is 29.3 Å². The maximum Gasteiger partial charge on any atom is 0.0283 e. The van der Waals surface area contributed by atoms with Gasteiger partial charge < -0.3 is 10.6 Å². The number of nitrogens with zero attached hydrogens (tertiary/aromatic N) is 1. The van der Waals surface area contributed by atoms with E-state index in [1.54, 1.807) is 0 Å². The van der Waals surface area contributed by atoms with Gasteiger partial charge in [0.25, 0.3) is 0 Å². The standard InChI is InChI=1S/C9H20N2S/c1-11(6-7-12-2)8-9(10)4-3-5-9/h3-8,10H2,1-2H3.